The molecule has 0 aliphatic rings. The van der Waals surface area contributed by atoms with E-state index < -0.39 is 0 Å². The second kappa shape index (κ2) is 6.23. The van der Waals surface area contributed by atoms with Crippen LogP contribution in [0.5, 0.6) is 0 Å². The third kappa shape index (κ3) is 2.75. The average Bonchev–Trinajstić information content (AvgIpc) is 3.37. The van der Waals surface area contributed by atoms with Crippen molar-refractivity contribution in [2.24, 2.45) is 0 Å². The molecular formula is C20H11Cl2N3OS. The van der Waals surface area contributed by atoms with Gasteiger partial charge in [-0.25, -0.2) is 4.98 Å². The Bertz CT molecular complexity index is 1330. The number of thiazole rings is 1. The zero-order valence-electron chi connectivity index (χ0n) is 13.7. The molecule has 0 aliphatic heterocycles. The van der Waals surface area contributed by atoms with Crippen LogP contribution in [-0.4, -0.2) is 20.7 Å². The number of benzene rings is 2. The van der Waals surface area contributed by atoms with Crippen molar-refractivity contribution >= 4 is 62.1 Å². The van der Waals surface area contributed by atoms with Gasteiger partial charge in [0.1, 0.15) is 0 Å². The zero-order valence-corrected chi connectivity index (χ0v) is 16.0. The van der Waals surface area contributed by atoms with Gasteiger partial charge >= 0.3 is 0 Å². The summed E-state index contributed by atoms with van der Waals surface area (Å²) in [5.41, 5.74) is 4.07. The lowest BCUT2D eigenvalue weighted by atomic mass is 10.1. The van der Waals surface area contributed by atoms with E-state index in [1.54, 1.807) is 18.3 Å². The molecule has 5 aromatic rings. The van der Waals surface area contributed by atoms with Crippen molar-refractivity contribution in [1.82, 2.24) is 15.0 Å². The number of aromatic nitrogens is 3. The van der Waals surface area contributed by atoms with Crippen LogP contribution >= 0.6 is 34.5 Å². The maximum atomic E-state index is 13.0. The van der Waals surface area contributed by atoms with Crippen LogP contribution in [0.4, 0.5) is 0 Å². The highest BCUT2D eigenvalue weighted by Gasteiger charge is 2.19. The average molecular weight is 412 g/mol. The predicted molar refractivity (Wildman–Crippen MR) is 111 cm³/mol. The van der Waals surface area contributed by atoms with Gasteiger partial charge in [0, 0.05) is 55.2 Å². The van der Waals surface area contributed by atoms with E-state index in [0.717, 1.165) is 33.1 Å². The quantitative estimate of drug-likeness (QED) is 0.341. The van der Waals surface area contributed by atoms with E-state index in [9.17, 15) is 4.79 Å². The molecule has 0 amide bonds. The number of nitrogens with one attached hydrogen (secondary N) is 2. The van der Waals surface area contributed by atoms with E-state index in [1.165, 1.54) is 11.3 Å². The second-order valence-corrected chi connectivity index (χ2v) is 7.88. The van der Waals surface area contributed by atoms with Gasteiger partial charge in [0.15, 0.2) is 5.01 Å². The number of halogens is 2. The van der Waals surface area contributed by atoms with Crippen molar-refractivity contribution in [3.8, 4) is 11.3 Å². The molecule has 0 unspecified atom stereocenters. The van der Waals surface area contributed by atoms with Crippen molar-refractivity contribution < 1.29 is 4.79 Å². The van der Waals surface area contributed by atoms with Gasteiger partial charge in [-0.2, -0.15) is 0 Å². The first-order valence-electron chi connectivity index (χ1n) is 8.14. The first kappa shape index (κ1) is 16.6. The summed E-state index contributed by atoms with van der Waals surface area (Å²) in [6.07, 6.45) is 3.59. The summed E-state index contributed by atoms with van der Waals surface area (Å²) in [7, 11) is 0. The lowest BCUT2D eigenvalue weighted by Crippen LogP contribution is -1.99. The first-order chi connectivity index (χ1) is 13.1. The normalized spacial score (nSPS) is 11.5. The lowest BCUT2D eigenvalue weighted by Gasteiger charge is -1.97. The maximum absolute atomic E-state index is 13.0. The molecule has 2 aromatic carbocycles. The lowest BCUT2D eigenvalue weighted by molar-refractivity contribution is 0.104. The summed E-state index contributed by atoms with van der Waals surface area (Å²) in [5.74, 6) is -0.109. The number of hydrogen-bond donors (Lipinski definition) is 2. The molecule has 0 fully saturated rings. The summed E-state index contributed by atoms with van der Waals surface area (Å²) in [6, 6.07) is 11.1. The number of nitrogens with zero attached hydrogens (tertiary/aromatic N) is 1. The molecule has 0 radical (unpaired) electrons. The van der Waals surface area contributed by atoms with E-state index in [1.807, 2.05) is 35.8 Å². The van der Waals surface area contributed by atoms with Crippen molar-refractivity contribution in [3.05, 3.63) is 74.8 Å². The van der Waals surface area contributed by atoms with Gasteiger partial charge < -0.3 is 9.97 Å². The molecule has 3 aromatic heterocycles. The Hall–Kier alpha value is -2.60. The van der Waals surface area contributed by atoms with Gasteiger partial charge in [-0.15, -0.1) is 11.3 Å². The van der Waals surface area contributed by atoms with Gasteiger partial charge in [0.25, 0.3) is 0 Å². The standard InChI is InChI=1S/C20H11Cl2N3OS/c21-10-1-3-12-14(7-23-16(12)5-10)18-9-27-20(25-18)19(26)15-8-24-17-6-11(22)2-4-13(15)17/h1-9,23-24H. The molecule has 2 N–H and O–H groups in total. The third-order valence-corrected chi connectivity index (χ3v) is 5.82. The number of carbonyl (C=O) groups excluding carboxylic acids is 1. The van der Waals surface area contributed by atoms with E-state index in [0.29, 0.717) is 20.6 Å². The number of H-pyrrole nitrogens is 2. The summed E-state index contributed by atoms with van der Waals surface area (Å²) >= 11 is 13.4. The fraction of sp³-hybridized carbons (Fsp3) is 0. The molecule has 4 nitrogen and oxygen atoms in total. The number of carbonyl (C=O) groups is 1. The molecule has 7 heteroatoms. The van der Waals surface area contributed by atoms with E-state index in [4.69, 9.17) is 23.2 Å². The number of hydrogen-bond acceptors (Lipinski definition) is 3. The fourth-order valence-corrected chi connectivity index (χ4v) is 4.33. The highest BCUT2D eigenvalue weighted by molar-refractivity contribution is 7.12. The van der Waals surface area contributed by atoms with Gasteiger partial charge in [-0.1, -0.05) is 35.3 Å². The highest BCUT2D eigenvalue weighted by Crippen LogP contribution is 2.32. The largest absolute Gasteiger partial charge is 0.360 e. The van der Waals surface area contributed by atoms with Crippen molar-refractivity contribution in [2.75, 3.05) is 0 Å². The number of fused-ring (bicyclic) bond motifs is 2. The summed E-state index contributed by atoms with van der Waals surface area (Å²) in [5, 5.41) is 5.50. The van der Waals surface area contributed by atoms with E-state index in [-0.39, 0.29) is 5.78 Å². The summed E-state index contributed by atoms with van der Waals surface area (Å²) < 4.78 is 0. The molecule has 0 bridgehead atoms. The van der Waals surface area contributed by atoms with Gasteiger partial charge in [0.2, 0.25) is 5.78 Å². The maximum Gasteiger partial charge on any atom is 0.223 e. The minimum Gasteiger partial charge on any atom is -0.360 e. The van der Waals surface area contributed by atoms with Crippen molar-refractivity contribution in [2.45, 2.75) is 0 Å². The van der Waals surface area contributed by atoms with Crippen molar-refractivity contribution in [3.63, 3.8) is 0 Å². The molecule has 0 aliphatic carbocycles. The topological polar surface area (TPSA) is 61.5 Å². The fourth-order valence-electron chi connectivity index (χ4n) is 3.21. The summed E-state index contributed by atoms with van der Waals surface area (Å²) in [4.78, 5) is 23.8. The molecule has 3 heterocycles. The first-order valence-corrected chi connectivity index (χ1v) is 9.77. The molecule has 0 atom stereocenters. The minimum atomic E-state index is -0.109. The molecular weight excluding hydrogens is 401 g/mol. The predicted octanol–water partition coefficient (Wildman–Crippen LogP) is 6.31. The molecule has 27 heavy (non-hydrogen) atoms. The number of aromatic amines is 2. The highest BCUT2D eigenvalue weighted by atomic mass is 35.5. The Kier molecular flexibility index (Phi) is 3.82. The Balaban J connectivity index is 1.55. The van der Waals surface area contributed by atoms with Crippen LogP contribution in [0.15, 0.2) is 54.2 Å². The van der Waals surface area contributed by atoms with Gasteiger partial charge in [-0.3, -0.25) is 4.79 Å². The third-order valence-electron chi connectivity index (χ3n) is 4.51. The molecule has 132 valence electrons. The number of rotatable bonds is 3. The molecule has 0 saturated carbocycles. The smallest absolute Gasteiger partial charge is 0.223 e. The Labute approximate surface area is 167 Å². The van der Waals surface area contributed by atoms with Crippen LogP contribution in [0.25, 0.3) is 33.1 Å². The Morgan fingerprint density at radius 3 is 2.37 bits per heavy atom. The van der Waals surface area contributed by atoms with E-state index >= 15 is 0 Å². The monoisotopic (exact) mass is 411 g/mol. The van der Waals surface area contributed by atoms with E-state index in [2.05, 4.69) is 15.0 Å². The second-order valence-electron chi connectivity index (χ2n) is 6.15. The van der Waals surface area contributed by atoms with Crippen LogP contribution in [0, 0.1) is 0 Å². The zero-order chi connectivity index (χ0) is 18.5. The van der Waals surface area contributed by atoms with Gasteiger partial charge in [-0.05, 0) is 24.3 Å². The van der Waals surface area contributed by atoms with Crippen LogP contribution in [-0.2, 0) is 0 Å². The number of ketones is 1. The van der Waals surface area contributed by atoms with Crippen molar-refractivity contribution in [1.29, 1.82) is 0 Å². The molecule has 0 saturated heterocycles. The minimum absolute atomic E-state index is 0.109. The van der Waals surface area contributed by atoms with Crippen LogP contribution < -0.4 is 0 Å². The van der Waals surface area contributed by atoms with Crippen LogP contribution in [0.2, 0.25) is 10.0 Å². The van der Waals surface area contributed by atoms with Crippen LogP contribution in [0.1, 0.15) is 15.4 Å². The SMILES string of the molecule is O=C(c1nc(-c2c[nH]c3cc(Cl)ccc23)cs1)c1c[nH]c2cc(Cl)ccc12. The summed E-state index contributed by atoms with van der Waals surface area (Å²) in [6.45, 7) is 0. The molecule has 5 rings (SSSR count). The van der Waals surface area contributed by atoms with Gasteiger partial charge in [0.05, 0.1) is 11.3 Å². The Morgan fingerprint density at radius 2 is 1.59 bits per heavy atom. The molecule has 0 spiro atoms. The van der Waals surface area contributed by atoms with Crippen LogP contribution in [0.3, 0.4) is 0 Å². The Morgan fingerprint density at radius 1 is 0.926 bits per heavy atom.